The van der Waals surface area contributed by atoms with Gasteiger partial charge >= 0.3 is 0 Å². The summed E-state index contributed by atoms with van der Waals surface area (Å²) in [5, 5.41) is 1.44. The molecule has 0 aliphatic carbocycles. The molecule has 1 amide bonds. The van der Waals surface area contributed by atoms with Crippen LogP contribution < -0.4 is 0 Å². The Hall–Kier alpha value is -1.29. The van der Waals surface area contributed by atoms with Gasteiger partial charge in [-0.25, -0.2) is 13.4 Å². The summed E-state index contributed by atoms with van der Waals surface area (Å²) in [6.07, 6.45) is 2.16. The van der Waals surface area contributed by atoms with Crippen LogP contribution in [0.5, 0.6) is 0 Å². The van der Waals surface area contributed by atoms with Gasteiger partial charge in [0, 0.05) is 37.7 Å². The zero-order valence-corrected chi connectivity index (χ0v) is 17.8. The van der Waals surface area contributed by atoms with E-state index >= 15 is 0 Å². The first kappa shape index (κ1) is 20.4. The third kappa shape index (κ3) is 4.77. The summed E-state index contributed by atoms with van der Waals surface area (Å²) in [5.41, 5.74) is 1.84. The lowest BCUT2D eigenvalue weighted by Crippen LogP contribution is -2.50. The van der Waals surface area contributed by atoms with Crippen molar-refractivity contribution in [1.29, 1.82) is 0 Å². The van der Waals surface area contributed by atoms with Crippen LogP contribution in [0.3, 0.4) is 0 Å². The molecule has 1 fully saturated rings. The van der Waals surface area contributed by atoms with Crippen LogP contribution in [0.2, 0.25) is 5.02 Å². The van der Waals surface area contributed by atoms with Crippen LogP contribution in [0.15, 0.2) is 23.4 Å². The number of aryl methyl sites for hydroxylation is 1. The smallest absolute Gasteiger partial charge is 0.233 e. The SMILES string of the molecule is CCCn1c(SCC(=O)N2CCN(S(C)(=O)=O)CC2)nc2cc(Cl)ccc21. The molecule has 7 nitrogen and oxygen atoms in total. The Morgan fingerprint density at radius 2 is 1.96 bits per heavy atom. The Kier molecular flexibility index (Phi) is 6.35. The number of carbonyl (C=O) groups excluding carboxylic acids is 1. The number of amides is 1. The maximum absolute atomic E-state index is 12.5. The van der Waals surface area contributed by atoms with Crippen LogP contribution in [0.4, 0.5) is 0 Å². The molecule has 3 rings (SSSR count). The van der Waals surface area contributed by atoms with Gasteiger partial charge in [0.25, 0.3) is 0 Å². The predicted octanol–water partition coefficient (Wildman–Crippen LogP) is 2.30. The molecule has 1 aliphatic heterocycles. The van der Waals surface area contributed by atoms with Gasteiger partial charge in [-0.05, 0) is 24.6 Å². The van der Waals surface area contributed by atoms with Crippen molar-refractivity contribution in [1.82, 2.24) is 18.8 Å². The first-order valence-electron chi connectivity index (χ1n) is 8.81. The molecule has 0 N–H and O–H groups in total. The molecule has 0 radical (unpaired) electrons. The molecule has 1 saturated heterocycles. The number of hydrogen-bond acceptors (Lipinski definition) is 5. The number of piperazine rings is 1. The molecule has 2 aromatic rings. The maximum atomic E-state index is 12.5. The Bertz CT molecular complexity index is 937. The molecular formula is C17H23ClN4O3S2. The summed E-state index contributed by atoms with van der Waals surface area (Å²) in [4.78, 5) is 18.9. The topological polar surface area (TPSA) is 75.5 Å². The van der Waals surface area contributed by atoms with E-state index in [-0.39, 0.29) is 11.7 Å². The molecule has 10 heteroatoms. The summed E-state index contributed by atoms with van der Waals surface area (Å²) >= 11 is 7.48. The van der Waals surface area contributed by atoms with Crippen molar-refractivity contribution in [3.63, 3.8) is 0 Å². The summed E-state index contributed by atoms with van der Waals surface area (Å²) in [5.74, 6) is 0.279. The summed E-state index contributed by atoms with van der Waals surface area (Å²) < 4.78 is 26.7. The predicted molar refractivity (Wildman–Crippen MR) is 109 cm³/mol. The molecule has 0 atom stereocenters. The number of rotatable bonds is 6. The highest BCUT2D eigenvalue weighted by atomic mass is 35.5. The lowest BCUT2D eigenvalue weighted by molar-refractivity contribution is -0.129. The standard InChI is InChI=1S/C17H23ClN4O3S2/c1-3-6-22-15-5-4-13(18)11-14(15)19-17(22)26-12-16(23)20-7-9-21(10-8-20)27(2,24)25/h4-5,11H,3,6-10,12H2,1-2H3. The minimum Gasteiger partial charge on any atom is -0.339 e. The average molecular weight is 431 g/mol. The van der Waals surface area contributed by atoms with Gasteiger partial charge in [-0.2, -0.15) is 4.31 Å². The van der Waals surface area contributed by atoms with Gasteiger partial charge in [0.05, 0.1) is 23.0 Å². The van der Waals surface area contributed by atoms with Gasteiger partial charge in [0.1, 0.15) is 0 Å². The normalized spacial score (nSPS) is 16.2. The number of fused-ring (bicyclic) bond motifs is 1. The lowest BCUT2D eigenvalue weighted by Gasteiger charge is -2.33. The Balaban J connectivity index is 1.66. The van der Waals surface area contributed by atoms with Gasteiger partial charge in [-0.15, -0.1) is 0 Å². The van der Waals surface area contributed by atoms with Crippen molar-refractivity contribution >= 4 is 50.3 Å². The number of benzene rings is 1. The van der Waals surface area contributed by atoms with E-state index in [2.05, 4.69) is 16.5 Å². The van der Waals surface area contributed by atoms with Crippen LogP contribution in [-0.4, -0.2) is 71.3 Å². The fraction of sp³-hybridized carbons (Fsp3) is 0.529. The van der Waals surface area contributed by atoms with E-state index in [9.17, 15) is 13.2 Å². The second-order valence-corrected chi connectivity index (χ2v) is 9.87. The number of carbonyl (C=O) groups is 1. The van der Waals surface area contributed by atoms with Crippen molar-refractivity contribution < 1.29 is 13.2 Å². The number of nitrogens with zero attached hydrogens (tertiary/aromatic N) is 4. The van der Waals surface area contributed by atoms with Crippen LogP contribution >= 0.6 is 23.4 Å². The van der Waals surface area contributed by atoms with Crippen molar-refractivity contribution in [3.05, 3.63) is 23.2 Å². The quantitative estimate of drug-likeness (QED) is 0.657. The molecule has 148 valence electrons. The molecule has 0 saturated carbocycles. The first-order chi connectivity index (χ1) is 12.8. The van der Waals surface area contributed by atoms with Gasteiger partial charge in [0.15, 0.2) is 5.16 Å². The second-order valence-electron chi connectivity index (χ2n) is 6.51. The Morgan fingerprint density at radius 3 is 2.59 bits per heavy atom. The highest BCUT2D eigenvalue weighted by Crippen LogP contribution is 2.27. The van der Waals surface area contributed by atoms with Gasteiger partial charge in [-0.3, -0.25) is 4.79 Å². The molecule has 0 unspecified atom stereocenters. The molecule has 0 bridgehead atoms. The fourth-order valence-electron chi connectivity index (χ4n) is 3.12. The maximum Gasteiger partial charge on any atom is 0.233 e. The highest BCUT2D eigenvalue weighted by Gasteiger charge is 2.26. The van der Waals surface area contributed by atoms with Crippen LogP contribution in [-0.2, 0) is 21.4 Å². The van der Waals surface area contributed by atoms with Crippen LogP contribution in [0, 0.1) is 0 Å². The van der Waals surface area contributed by atoms with E-state index < -0.39 is 10.0 Å². The zero-order chi connectivity index (χ0) is 19.6. The number of halogens is 1. The third-order valence-corrected chi connectivity index (χ3v) is 7.01. The number of aromatic nitrogens is 2. The largest absolute Gasteiger partial charge is 0.339 e. The monoisotopic (exact) mass is 430 g/mol. The third-order valence-electron chi connectivity index (χ3n) is 4.51. The number of thioether (sulfide) groups is 1. The minimum atomic E-state index is -3.19. The van der Waals surface area contributed by atoms with Crippen molar-refractivity contribution in [3.8, 4) is 0 Å². The Morgan fingerprint density at radius 1 is 1.26 bits per heavy atom. The fourth-order valence-corrected chi connectivity index (χ4v) is 5.05. The average Bonchev–Trinajstić information content (AvgIpc) is 2.96. The number of hydrogen-bond donors (Lipinski definition) is 0. The van der Waals surface area contributed by atoms with E-state index in [1.807, 2.05) is 18.2 Å². The lowest BCUT2D eigenvalue weighted by atomic mass is 10.3. The zero-order valence-electron chi connectivity index (χ0n) is 15.4. The minimum absolute atomic E-state index is 0.00119. The highest BCUT2D eigenvalue weighted by molar-refractivity contribution is 7.99. The van der Waals surface area contributed by atoms with E-state index in [0.29, 0.717) is 31.2 Å². The van der Waals surface area contributed by atoms with E-state index in [1.54, 1.807) is 4.90 Å². The van der Waals surface area contributed by atoms with Crippen LogP contribution in [0.25, 0.3) is 11.0 Å². The van der Waals surface area contributed by atoms with Gasteiger partial charge < -0.3 is 9.47 Å². The van der Waals surface area contributed by atoms with E-state index in [1.165, 1.54) is 22.3 Å². The van der Waals surface area contributed by atoms with Gasteiger partial charge in [0.2, 0.25) is 15.9 Å². The molecular weight excluding hydrogens is 408 g/mol. The van der Waals surface area contributed by atoms with Gasteiger partial charge in [-0.1, -0.05) is 30.3 Å². The summed E-state index contributed by atoms with van der Waals surface area (Å²) in [6.45, 7) is 4.47. The number of sulfonamides is 1. The Labute approximate surface area is 168 Å². The molecule has 0 spiro atoms. The summed E-state index contributed by atoms with van der Waals surface area (Å²) in [6, 6.07) is 5.63. The van der Waals surface area contributed by atoms with E-state index in [4.69, 9.17) is 11.6 Å². The molecule has 1 aliphatic rings. The number of imidazole rings is 1. The molecule has 1 aromatic heterocycles. The van der Waals surface area contributed by atoms with Crippen molar-refractivity contribution in [2.75, 3.05) is 38.2 Å². The molecule has 1 aromatic carbocycles. The van der Waals surface area contributed by atoms with Crippen molar-refractivity contribution in [2.45, 2.75) is 25.0 Å². The van der Waals surface area contributed by atoms with E-state index in [0.717, 1.165) is 29.2 Å². The molecule has 2 heterocycles. The summed E-state index contributed by atoms with van der Waals surface area (Å²) in [7, 11) is -3.19. The first-order valence-corrected chi connectivity index (χ1v) is 12.0. The molecule has 27 heavy (non-hydrogen) atoms. The van der Waals surface area contributed by atoms with Crippen molar-refractivity contribution in [2.24, 2.45) is 0 Å². The van der Waals surface area contributed by atoms with Crippen LogP contribution in [0.1, 0.15) is 13.3 Å². The second kappa shape index (κ2) is 8.38.